The summed E-state index contributed by atoms with van der Waals surface area (Å²) in [5, 5.41) is 8.59. The van der Waals surface area contributed by atoms with Crippen LogP contribution in [0.1, 0.15) is 12.8 Å². The van der Waals surface area contributed by atoms with Crippen molar-refractivity contribution in [3.05, 3.63) is 0 Å². The van der Waals surface area contributed by atoms with Crippen molar-refractivity contribution in [3.63, 3.8) is 0 Å². The van der Waals surface area contributed by atoms with E-state index >= 15 is 0 Å². The summed E-state index contributed by atoms with van der Waals surface area (Å²) in [7, 11) is 0. The summed E-state index contributed by atoms with van der Waals surface area (Å²) in [5.74, 6) is 0. The van der Waals surface area contributed by atoms with Gasteiger partial charge in [-0.15, -0.1) is 12.4 Å². The normalized spacial score (nSPS) is 38.6. The van der Waals surface area contributed by atoms with Crippen molar-refractivity contribution in [1.82, 2.24) is 0 Å². The lowest BCUT2D eigenvalue weighted by molar-refractivity contribution is 0.0693. The Kier molecular flexibility index (Phi) is 2.58. The molecule has 1 aliphatic rings. The van der Waals surface area contributed by atoms with Crippen molar-refractivity contribution in [3.8, 4) is 0 Å². The van der Waals surface area contributed by atoms with E-state index in [0.29, 0.717) is 0 Å². The SMILES string of the molecule is Cl.NC1CCC1O. The van der Waals surface area contributed by atoms with Crippen molar-refractivity contribution in [2.24, 2.45) is 5.73 Å². The summed E-state index contributed by atoms with van der Waals surface area (Å²) in [6.07, 6.45) is 1.72. The lowest BCUT2D eigenvalue weighted by Crippen LogP contribution is -2.43. The first kappa shape index (κ1) is 7.21. The molecule has 3 N–H and O–H groups in total. The zero-order valence-corrected chi connectivity index (χ0v) is 4.82. The molecular formula is C4H10ClNO. The van der Waals surface area contributed by atoms with Crippen LogP contribution in [0.5, 0.6) is 0 Å². The predicted octanol–water partition coefficient (Wildman–Crippen LogP) is -0.110. The van der Waals surface area contributed by atoms with Gasteiger partial charge in [-0.3, -0.25) is 0 Å². The number of rotatable bonds is 0. The summed E-state index contributed by atoms with van der Waals surface area (Å²) >= 11 is 0. The first-order valence-corrected chi connectivity index (χ1v) is 2.24. The average Bonchev–Trinajstić information content (AvgIpc) is 1.61. The van der Waals surface area contributed by atoms with Crippen LogP contribution in [-0.4, -0.2) is 17.3 Å². The third-order valence-electron chi connectivity index (χ3n) is 1.29. The van der Waals surface area contributed by atoms with Crippen molar-refractivity contribution in [1.29, 1.82) is 0 Å². The Labute approximate surface area is 49.1 Å². The summed E-state index contributed by atoms with van der Waals surface area (Å²) in [4.78, 5) is 0. The van der Waals surface area contributed by atoms with Crippen LogP contribution in [0.2, 0.25) is 0 Å². The number of aliphatic hydroxyl groups excluding tert-OH is 1. The minimum atomic E-state index is -0.190. The monoisotopic (exact) mass is 123 g/mol. The number of halogens is 1. The molecule has 7 heavy (non-hydrogen) atoms. The fourth-order valence-electron chi connectivity index (χ4n) is 0.508. The Balaban J connectivity index is 0.000000360. The molecule has 0 aliphatic heterocycles. The molecule has 0 aromatic heterocycles. The lowest BCUT2D eigenvalue weighted by atomic mass is 9.90. The molecule has 2 atom stereocenters. The van der Waals surface area contributed by atoms with E-state index in [1.165, 1.54) is 0 Å². The number of hydrogen-bond acceptors (Lipinski definition) is 2. The molecule has 0 saturated heterocycles. The first-order chi connectivity index (χ1) is 2.80. The van der Waals surface area contributed by atoms with Gasteiger partial charge < -0.3 is 10.8 Å². The summed E-state index contributed by atoms with van der Waals surface area (Å²) in [6, 6.07) is 0.0880. The molecule has 1 saturated carbocycles. The second-order valence-electron chi connectivity index (χ2n) is 1.81. The molecule has 1 fully saturated rings. The van der Waals surface area contributed by atoms with E-state index in [1.807, 2.05) is 0 Å². The van der Waals surface area contributed by atoms with Gasteiger partial charge in [0.2, 0.25) is 0 Å². The molecule has 2 unspecified atom stereocenters. The second kappa shape index (κ2) is 2.50. The third-order valence-corrected chi connectivity index (χ3v) is 1.29. The van der Waals surface area contributed by atoms with Crippen molar-refractivity contribution in [2.45, 2.75) is 25.0 Å². The quantitative estimate of drug-likeness (QED) is 0.472. The highest BCUT2D eigenvalue weighted by Gasteiger charge is 2.23. The summed E-state index contributed by atoms with van der Waals surface area (Å²) in [6.45, 7) is 0. The molecule has 0 aromatic carbocycles. The molecule has 0 amide bonds. The summed E-state index contributed by atoms with van der Waals surface area (Å²) < 4.78 is 0. The smallest absolute Gasteiger partial charge is 0.0691 e. The molecule has 0 radical (unpaired) electrons. The summed E-state index contributed by atoms with van der Waals surface area (Å²) in [5.41, 5.74) is 5.27. The van der Waals surface area contributed by atoms with E-state index in [2.05, 4.69) is 0 Å². The largest absolute Gasteiger partial charge is 0.392 e. The van der Waals surface area contributed by atoms with Crippen LogP contribution < -0.4 is 5.73 Å². The Bertz CT molecular complexity index is 51.7. The van der Waals surface area contributed by atoms with Crippen LogP contribution in [0.15, 0.2) is 0 Å². The van der Waals surface area contributed by atoms with Crippen LogP contribution in [-0.2, 0) is 0 Å². The van der Waals surface area contributed by atoms with Gasteiger partial charge >= 0.3 is 0 Å². The van der Waals surface area contributed by atoms with Crippen LogP contribution >= 0.6 is 12.4 Å². The molecule has 1 rings (SSSR count). The molecule has 3 heteroatoms. The molecule has 1 aliphatic carbocycles. The number of hydrogen-bond donors (Lipinski definition) is 2. The Morgan fingerprint density at radius 3 is 1.86 bits per heavy atom. The van der Waals surface area contributed by atoms with Gasteiger partial charge in [0.15, 0.2) is 0 Å². The van der Waals surface area contributed by atoms with Gasteiger partial charge in [-0.25, -0.2) is 0 Å². The zero-order chi connectivity index (χ0) is 4.57. The molecule has 0 bridgehead atoms. The molecular weight excluding hydrogens is 114 g/mol. The van der Waals surface area contributed by atoms with E-state index < -0.39 is 0 Å². The van der Waals surface area contributed by atoms with E-state index in [1.54, 1.807) is 0 Å². The fourth-order valence-corrected chi connectivity index (χ4v) is 0.508. The van der Waals surface area contributed by atoms with Crippen molar-refractivity contribution >= 4 is 12.4 Å². The van der Waals surface area contributed by atoms with E-state index in [4.69, 9.17) is 10.8 Å². The second-order valence-corrected chi connectivity index (χ2v) is 1.81. The zero-order valence-electron chi connectivity index (χ0n) is 4.00. The first-order valence-electron chi connectivity index (χ1n) is 2.24. The van der Waals surface area contributed by atoms with Gasteiger partial charge in [0, 0.05) is 6.04 Å². The maximum absolute atomic E-state index is 8.59. The average molecular weight is 124 g/mol. The van der Waals surface area contributed by atoms with Crippen LogP contribution in [0.3, 0.4) is 0 Å². The van der Waals surface area contributed by atoms with E-state index in [-0.39, 0.29) is 24.6 Å². The van der Waals surface area contributed by atoms with E-state index in [9.17, 15) is 0 Å². The van der Waals surface area contributed by atoms with Gasteiger partial charge in [-0.1, -0.05) is 0 Å². The van der Waals surface area contributed by atoms with Crippen LogP contribution in [0.4, 0.5) is 0 Å². The van der Waals surface area contributed by atoms with Crippen LogP contribution in [0, 0.1) is 0 Å². The van der Waals surface area contributed by atoms with Gasteiger partial charge in [-0.05, 0) is 12.8 Å². The minimum absolute atomic E-state index is 0. The van der Waals surface area contributed by atoms with Gasteiger partial charge in [0.1, 0.15) is 0 Å². The number of aliphatic hydroxyl groups is 1. The Morgan fingerprint density at radius 2 is 1.86 bits per heavy atom. The number of nitrogens with two attached hydrogens (primary N) is 1. The van der Waals surface area contributed by atoms with Gasteiger partial charge in [-0.2, -0.15) is 0 Å². The maximum atomic E-state index is 8.59. The molecule has 0 spiro atoms. The molecule has 2 nitrogen and oxygen atoms in total. The highest BCUT2D eigenvalue weighted by atomic mass is 35.5. The predicted molar refractivity (Wildman–Crippen MR) is 30.5 cm³/mol. The molecule has 0 aromatic rings. The van der Waals surface area contributed by atoms with Gasteiger partial charge in [0.05, 0.1) is 6.10 Å². The molecule has 0 heterocycles. The topological polar surface area (TPSA) is 46.2 Å². The van der Waals surface area contributed by atoms with Crippen LogP contribution in [0.25, 0.3) is 0 Å². The van der Waals surface area contributed by atoms with Gasteiger partial charge in [0.25, 0.3) is 0 Å². The lowest BCUT2D eigenvalue weighted by Gasteiger charge is -2.27. The minimum Gasteiger partial charge on any atom is -0.392 e. The third kappa shape index (κ3) is 1.30. The fraction of sp³-hybridized carbons (Fsp3) is 1.00. The van der Waals surface area contributed by atoms with Crippen molar-refractivity contribution in [2.75, 3.05) is 0 Å². The maximum Gasteiger partial charge on any atom is 0.0691 e. The van der Waals surface area contributed by atoms with E-state index in [0.717, 1.165) is 12.8 Å². The van der Waals surface area contributed by atoms with Crippen molar-refractivity contribution < 1.29 is 5.11 Å². The standard InChI is InChI=1S/C4H9NO.ClH/c5-3-1-2-4(3)6;/h3-4,6H,1-2,5H2;1H. The Morgan fingerprint density at radius 1 is 1.43 bits per heavy atom. The highest BCUT2D eigenvalue weighted by molar-refractivity contribution is 5.85. The molecule has 44 valence electrons. The highest BCUT2D eigenvalue weighted by Crippen LogP contribution is 2.15. The Hall–Kier alpha value is 0.210.